The molecule has 98 valence electrons. The van der Waals surface area contributed by atoms with Crippen molar-refractivity contribution in [3.8, 4) is 0 Å². The standard InChI is InChI=1S/C14H17ClN2.CH4/c1-2-14(15)9-11(5-8-13(14)17)10-3-6-12(16)7-4-10;/h3-8H,2,9,16-17H2,1H3;1H4. The molecule has 0 saturated heterocycles. The number of alkyl halides is 1. The Morgan fingerprint density at radius 3 is 2.33 bits per heavy atom. The first-order chi connectivity index (χ1) is 8.05. The number of nitrogen functional groups attached to an aromatic ring is 1. The summed E-state index contributed by atoms with van der Waals surface area (Å²) in [5.74, 6) is 0. The highest BCUT2D eigenvalue weighted by atomic mass is 35.5. The van der Waals surface area contributed by atoms with Crippen LogP contribution >= 0.6 is 11.6 Å². The molecular weight excluding hydrogens is 244 g/mol. The summed E-state index contributed by atoms with van der Waals surface area (Å²) < 4.78 is 0. The molecule has 1 aliphatic carbocycles. The lowest BCUT2D eigenvalue weighted by Gasteiger charge is -2.30. The van der Waals surface area contributed by atoms with Crippen molar-refractivity contribution >= 4 is 22.9 Å². The molecule has 3 heteroatoms. The fourth-order valence-electron chi connectivity index (χ4n) is 2.03. The molecule has 0 radical (unpaired) electrons. The number of hydrogen-bond acceptors (Lipinski definition) is 2. The number of nitrogens with two attached hydrogens (primary N) is 2. The third-order valence-electron chi connectivity index (χ3n) is 3.29. The maximum Gasteiger partial charge on any atom is 0.0875 e. The van der Waals surface area contributed by atoms with Crippen LogP contribution in [0.15, 0.2) is 42.1 Å². The summed E-state index contributed by atoms with van der Waals surface area (Å²) in [6, 6.07) is 7.84. The third-order valence-corrected chi connectivity index (χ3v) is 3.91. The van der Waals surface area contributed by atoms with Crippen molar-refractivity contribution < 1.29 is 0 Å². The van der Waals surface area contributed by atoms with Gasteiger partial charge in [-0.25, -0.2) is 0 Å². The first-order valence-corrected chi connectivity index (χ1v) is 6.14. The summed E-state index contributed by atoms with van der Waals surface area (Å²) in [4.78, 5) is -0.439. The van der Waals surface area contributed by atoms with Crippen LogP contribution in [0.2, 0.25) is 0 Å². The number of allylic oxidation sites excluding steroid dienone is 4. The summed E-state index contributed by atoms with van der Waals surface area (Å²) in [6.07, 6.45) is 5.53. The second-order valence-electron chi connectivity index (χ2n) is 4.43. The second kappa shape index (κ2) is 5.49. The highest BCUT2D eigenvalue weighted by Crippen LogP contribution is 2.39. The van der Waals surface area contributed by atoms with Crippen LogP contribution in [-0.4, -0.2) is 4.87 Å². The Hall–Kier alpha value is -1.41. The van der Waals surface area contributed by atoms with E-state index in [0.717, 1.165) is 29.8 Å². The Morgan fingerprint density at radius 1 is 1.17 bits per heavy atom. The van der Waals surface area contributed by atoms with Gasteiger partial charge < -0.3 is 11.5 Å². The molecule has 0 aromatic heterocycles. The van der Waals surface area contributed by atoms with E-state index in [4.69, 9.17) is 23.1 Å². The fraction of sp³-hybridized carbons (Fsp3) is 0.333. The molecule has 0 saturated carbocycles. The van der Waals surface area contributed by atoms with Gasteiger partial charge >= 0.3 is 0 Å². The van der Waals surface area contributed by atoms with Gasteiger partial charge in [0.05, 0.1) is 4.87 Å². The molecule has 0 spiro atoms. The zero-order chi connectivity index (χ0) is 12.5. The van der Waals surface area contributed by atoms with Crippen LogP contribution < -0.4 is 11.5 Å². The zero-order valence-corrected chi connectivity index (χ0v) is 10.7. The molecule has 1 atom stereocenters. The van der Waals surface area contributed by atoms with Crippen LogP contribution in [0.4, 0.5) is 5.69 Å². The number of anilines is 1. The first kappa shape index (κ1) is 14.7. The van der Waals surface area contributed by atoms with Gasteiger partial charge in [-0.1, -0.05) is 32.6 Å². The summed E-state index contributed by atoms with van der Waals surface area (Å²) in [6.45, 7) is 2.06. The smallest absolute Gasteiger partial charge is 0.0875 e. The Kier molecular flexibility index (Phi) is 4.47. The van der Waals surface area contributed by atoms with Gasteiger partial charge in [-0.15, -0.1) is 11.6 Å². The van der Waals surface area contributed by atoms with Crippen molar-refractivity contribution in [3.05, 3.63) is 47.7 Å². The Bertz CT molecular complexity index is 474. The second-order valence-corrected chi connectivity index (χ2v) is 5.16. The molecule has 0 amide bonds. The minimum absolute atomic E-state index is 0. The van der Waals surface area contributed by atoms with Crippen molar-refractivity contribution in [2.45, 2.75) is 32.1 Å². The summed E-state index contributed by atoms with van der Waals surface area (Å²) in [7, 11) is 0. The highest BCUT2D eigenvalue weighted by molar-refractivity contribution is 6.26. The third kappa shape index (κ3) is 2.70. The molecular formula is C15H21ClN2. The van der Waals surface area contributed by atoms with E-state index in [9.17, 15) is 0 Å². The van der Waals surface area contributed by atoms with Gasteiger partial charge in [-0.3, -0.25) is 0 Å². The van der Waals surface area contributed by atoms with E-state index >= 15 is 0 Å². The van der Waals surface area contributed by atoms with E-state index in [1.807, 2.05) is 36.4 Å². The van der Waals surface area contributed by atoms with Gasteiger partial charge in [0.2, 0.25) is 0 Å². The molecule has 0 fully saturated rings. The number of hydrogen-bond donors (Lipinski definition) is 2. The predicted octanol–water partition coefficient (Wildman–Crippen LogP) is 3.92. The molecule has 1 aliphatic rings. The van der Waals surface area contributed by atoms with E-state index < -0.39 is 4.87 Å². The largest absolute Gasteiger partial charge is 0.401 e. The maximum atomic E-state index is 6.53. The Balaban J connectivity index is 0.00000162. The van der Waals surface area contributed by atoms with Crippen molar-refractivity contribution in [1.29, 1.82) is 0 Å². The SMILES string of the molecule is C.CCC1(Cl)CC(c2ccc(N)cc2)=CC=C1N. The van der Waals surface area contributed by atoms with E-state index in [1.165, 1.54) is 5.57 Å². The minimum atomic E-state index is -0.439. The normalized spacial score (nSPS) is 22.8. The maximum absolute atomic E-state index is 6.53. The van der Waals surface area contributed by atoms with E-state index in [2.05, 4.69) is 6.92 Å². The van der Waals surface area contributed by atoms with E-state index in [1.54, 1.807) is 0 Å². The average Bonchev–Trinajstić information content (AvgIpc) is 2.34. The monoisotopic (exact) mass is 264 g/mol. The molecule has 4 N–H and O–H groups in total. The van der Waals surface area contributed by atoms with Crippen molar-refractivity contribution in [1.82, 2.24) is 0 Å². The summed E-state index contributed by atoms with van der Waals surface area (Å²) in [5.41, 5.74) is 15.5. The predicted molar refractivity (Wildman–Crippen MR) is 81.3 cm³/mol. The molecule has 0 aliphatic heterocycles. The average molecular weight is 265 g/mol. The number of benzene rings is 1. The topological polar surface area (TPSA) is 52.0 Å². The molecule has 18 heavy (non-hydrogen) atoms. The summed E-state index contributed by atoms with van der Waals surface area (Å²) >= 11 is 6.53. The minimum Gasteiger partial charge on any atom is -0.401 e. The van der Waals surface area contributed by atoms with Gasteiger partial charge in [0.15, 0.2) is 0 Å². The van der Waals surface area contributed by atoms with Crippen molar-refractivity contribution in [3.63, 3.8) is 0 Å². The Labute approximate surface area is 114 Å². The highest BCUT2D eigenvalue weighted by Gasteiger charge is 2.31. The van der Waals surface area contributed by atoms with Crippen LogP contribution in [0.5, 0.6) is 0 Å². The number of rotatable bonds is 2. The number of halogens is 1. The fourth-order valence-corrected chi connectivity index (χ4v) is 2.23. The lowest BCUT2D eigenvalue weighted by Crippen LogP contribution is -2.30. The molecule has 1 aromatic rings. The van der Waals surface area contributed by atoms with Crippen LogP contribution in [0.1, 0.15) is 32.8 Å². The molecule has 2 rings (SSSR count). The van der Waals surface area contributed by atoms with E-state index in [0.29, 0.717) is 0 Å². The first-order valence-electron chi connectivity index (χ1n) is 5.77. The summed E-state index contributed by atoms with van der Waals surface area (Å²) in [5, 5.41) is 0. The lowest BCUT2D eigenvalue weighted by molar-refractivity contribution is 0.638. The van der Waals surface area contributed by atoms with Crippen molar-refractivity contribution in [2.24, 2.45) is 5.73 Å². The van der Waals surface area contributed by atoms with Gasteiger partial charge in [0.1, 0.15) is 0 Å². The van der Waals surface area contributed by atoms with Crippen molar-refractivity contribution in [2.75, 3.05) is 5.73 Å². The zero-order valence-electron chi connectivity index (χ0n) is 9.91. The Morgan fingerprint density at radius 2 is 1.78 bits per heavy atom. The van der Waals surface area contributed by atoms with E-state index in [-0.39, 0.29) is 7.43 Å². The van der Waals surface area contributed by atoms with Crippen LogP contribution in [0.25, 0.3) is 5.57 Å². The van der Waals surface area contributed by atoms with Crippen LogP contribution in [0, 0.1) is 0 Å². The van der Waals surface area contributed by atoms with Gasteiger partial charge in [-0.2, -0.15) is 0 Å². The van der Waals surface area contributed by atoms with Gasteiger partial charge in [-0.05, 0) is 42.2 Å². The molecule has 2 nitrogen and oxygen atoms in total. The lowest BCUT2D eigenvalue weighted by atomic mass is 9.85. The molecule has 1 unspecified atom stereocenters. The molecule has 0 heterocycles. The molecule has 1 aromatic carbocycles. The van der Waals surface area contributed by atoms with Crippen LogP contribution in [0.3, 0.4) is 0 Å². The van der Waals surface area contributed by atoms with Gasteiger partial charge in [0, 0.05) is 11.4 Å². The van der Waals surface area contributed by atoms with Gasteiger partial charge in [0.25, 0.3) is 0 Å². The van der Waals surface area contributed by atoms with Crippen LogP contribution in [-0.2, 0) is 0 Å². The quantitative estimate of drug-likeness (QED) is 0.628. The molecule has 0 bridgehead atoms.